The molecule has 0 fully saturated rings. The third-order valence-electron chi connectivity index (χ3n) is 2.96. The van der Waals surface area contributed by atoms with Crippen LogP contribution in [0.3, 0.4) is 0 Å². The summed E-state index contributed by atoms with van der Waals surface area (Å²) < 4.78 is 5.54. The zero-order valence-electron chi connectivity index (χ0n) is 13.7. The number of nitrogens with zero attached hydrogens (tertiary/aromatic N) is 1. The smallest absolute Gasteiger partial charge is 0.191 e. The number of guanidine groups is 1. The van der Waals surface area contributed by atoms with Gasteiger partial charge >= 0.3 is 0 Å². The van der Waals surface area contributed by atoms with Gasteiger partial charge in [-0.05, 0) is 29.7 Å². The monoisotopic (exact) mass is 311 g/mol. The van der Waals surface area contributed by atoms with E-state index in [1.165, 1.54) is 4.88 Å². The van der Waals surface area contributed by atoms with Crippen molar-refractivity contribution in [2.75, 3.05) is 33.4 Å². The van der Waals surface area contributed by atoms with Gasteiger partial charge in [-0.25, -0.2) is 0 Å². The van der Waals surface area contributed by atoms with Crippen molar-refractivity contribution in [3.8, 4) is 0 Å². The van der Waals surface area contributed by atoms with Crippen LogP contribution in [0.1, 0.15) is 25.6 Å². The van der Waals surface area contributed by atoms with Crippen molar-refractivity contribution in [2.45, 2.75) is 27.2 Å². The van der Waals surface area contributed by atoms with E-state index >= 15 is 0 Å². The van der Waals surface area contributed by atoms with Crippen molar-refractivity contribution >= 4 is 17.3 Å². The van der Waals surface area contributed by atoms with Gasteiger partial charge in [0, 0.05) is 31.6 Å². The molecule has 0 saturated carbocycles. The zero-order valence-corrected chi connectivity index (χ0v) is 14.5. The Labute approximate surface area is 133 Å². The van der Waals surface area contributed by atoms with E-state index < -0.39 is 0 Å². The van der Waals surface area contributed by atoms with Crippen molar-refractivity contribution < 1.29 is 4.74 Å². The van der Waals surface area contributed by atoms with Crippen molar-refractivity contribution in [1.82, 2.24) is 10.6 Å². The minimum absolute atomic E-state index is 0.583. The maximum atomic E-state index is 5.54. The normalized spacial score (nSPS) is 13.5. The summed E-state index contributed by atoms with van der Waals surface area (Å²) in [6.45, 7) is 9.79. The standard InChI is InChI=1S/C16H29N3OS/c1-13(2)12-20-8-7-18-16(17-4)19-11-14(3)10-15-6-5-9-21-15/h5-6,9,13-14H,7-8,10-12H2,1-4H3,(H2,17,18,19). The van der Waals surface area contributed by atoms with E-state index in [2.05, 4.69) is 53.9 Å². The Balaban J connectivity index is 2.13. The highest BCUT2D eigenvalue weighted by Gasteiger charge is 2.06. The Morgan fingerprint density at radius 2 is 2.14 bits per heavy atom. The van der Waals surface area contributed by atoms with Gasteiger partial charge in [0.25, 0.3) is 0 Å². The molecular weight excluding hydrogens is 282 g/mol. The predicted molar refractivity (Wildman–Crippen MR) is 92.2 cm³/mol. The van der Waals surface area contributed by atoms with Gasteiger partial charge in [-0.3, -0.25) is 4.99 Å². The van der Waals surface area contributed by atoms with E-state index in [-0.39, 0.29) is 0 Å². The molecule has 4 nitrogen and oxygen atoms in total. The molecule has 1 rings (SSSR count). The summed E-state index contributed by atoms with van der Waals surface area (Å²) >= 11 is 1.82. The van der Waals surface area contributed by atoms with Crippen LogP contribution < -0.4 is 10.6 Å². The molecule has 0 aliphatic carbocycles. The van der Waals surface area contributed by atoms with Crippen molar-refractivity contribution in [1.29, 1.82) is 0 Å². The highest BCUT2D eigenvalue weighted by molar-refractivity contribution is 7.09. The lowest BCUT2D eigenvalue weighted by atomic mass is 10.1. The second-order valence-electron chi connectivity index (χ2n) is 5.74. The van der Waals surface area contributed by atoms with Gasteiger partial charge in [0.1, 0.15) is 0 Å². The summed E-state index contributed by atoms with van der Waals surface area (Å²) in [6.07, 6.45) is 1.11. The fourth-order valence-electron chi connectivity index (χ4n) is 1.90. The summed E-state index contributed by atoms with van der Waals surface area (Å²) in [5, 5.41) is 8.78. The van der Waals surface area contributed by atoms with E-state index in [0.717, 1.165) is 32.1 Å². The Bertz CT molecular complexity index is 390. The zero-order chi connectivity index (χ0) is 15.5. The van der Waals surface area contributed by atoms with Gasteiger partial charge in [0.2, 0.25) is 0 Å². The third-order valence-corrected chi connectivity index (χ3v) is 3.86. The van der Waals surface area contributed by atoms with Gasteiger partial charge < -0.3 is 15.4 Å². The molecule has 1 unspecified atom stereocenters. The lowest BCUT2D eigenvalue weighted by Crippen LogP contribution is -2.41. The molecule has 1 aromatic rings. The molecule has 1 atom stereocenters. The van der Waals surface area contributed by atoms with Gasteiger partial charge in [-0.2, -0.15) is 0 Å². The fourth-order valence-corrected chi connectivity index (χ4v) is 2.77. The molecule has 0 saturated heterocycles. The van der Waals surface area contributed by atoms with Crippen molar-refractivity contribution in [3.63, 3.8) is 0 Å². The number of hydrogen-bond acceptors (Lipinski definition) is 3. The largest absolute Gasteiger partial charge is 0.379 e. The number of hydrogen-bond donors (Lipinski definition) is 2. The SMILES string of the molecule is CN=C(NCCOCC(C)C)NCC(C)Cc1cccs1. The molecule has 0 aromatic carbocycles. The Hall–Kier alpha value is -1.07. The number of nitrogens with one attached hydrogen (secondary N) is 2. The summed E-state index contributed by atoms with van der Waals surface area (Å²) in [5.74, 6) is 2.01. The summed E-state index contributed by atoms with van der Waals surface area (Å²) in [6, 6.07) is 4.30. The molecule has 5 heteroatoms. The Kier molecular flexibility index (Phi) is 9.10. The molecule has 0 spiro atoms. The molecule has 0 radical (unpaired) electrons. The summed E-state index contributed by atoms with van der Waals surface area (Å²) in [4.78, 5) is 5.67. The van der Waals surface area contributed by atoms with E-state index in [0.29, 0.717) is 18.4 Å². The van der Waals surface area contributed by atoms with Crippen LogP contribution in [0.2, 0.25) is 0 Å². The molecule has 0 amide bonds. The Morgan fingerprint density at radius 3 is 2.76 bits per heavy atom. The van der Waals surface area contributed by atoms with Crippen LogP contribution in [0.5, 0.6) is 0 Å². The van der Waals surface area contributed by atoms with Gasteiger partial charge in [0.15, 0.2) is 5.96 Å². The van der Waals surface area contributed by atoms with Crippen LogP contribution >= 0.6 is 11.3 Å². The van der Waals surface area contributed by atoms with E-state index in [1.54, 1.807) is 7.05 Å². The van der Waals surface area contributed by atoms with E-state index in [9.17, 15) is 0 Å². The molecule has 1 aromatic heterocycles. The number of thiophene rings is 1. The van der Waals surface area contributed by atoms with E-state index in [1.807, 2.05) is 11.3 Å². The summed E-state index contributed by atoms with van der Waals surface area (Å²) in [7, 11) is 1.80. The van der Waals surface area contributed by atoms with Crippen LogP contribution in [0.25, 0.3) is 0 Å². The highest BCUT2D eigenvalue weighted by Crippen LogP contribution is 2.13. The molecule has 120 valence electrons. The number of aliphatic imine (C=N–C) groups is 1. The van der Waals surface area contributed by atoms with Crippen molar-refractivity contribution in [3.05, 3.63) is 22.4 Å². The number of ether oxygens (including phenoxy) is 1. The molecule has 2 N–H and O–H groups in total. The van der Waals surface area contributed by atoms with Crippen LogP contribution in [0, 0.1) is 11.8 Å². The van der Waals surface area contributed by atoms with Crippen LogP contribution in [-0.2, 0) is 11.2 Å². The molecule has 0 aliphatic heterocycles. The molecule has 21 heavy (non-hydrogen) atoms. The summed E-state index contributed by atoms with van der Waals surface area (Å²) in [5.41, 5.74) is 0. The van der Waals surface area contributed by atoms with Crippen LogP contribution in [0.15, 0.2) is 22.5 Å². The molecular formula is C16H29N3OS. The third kappa shape index (κ3) is 8.73. The minimum atomic E-state index is 0.583. The highest BCUT2D eigenvalue weighted by atomic mass is 32.1. The van der Waals surface area contributed by atoms with Crippen LogP contribution in [0.4, 0.5) is 0 Å². The maximum absolute atomic E-state index is 5.54. The lowest BCUT2D eigenvalue weighted by Gasteiger charge is -2.16. The first kappa shape index (κ1) is 18.0. The van der Waals surface area contributed by atoms with Crippen molar-refractivity contribution in [2.24, 2.45) is 16.8 Å². The van der Waals surface area contributed by atoms with Crippen LogP contribution in [-0.4, -0.2) is 39.3 Å². The first-order valence-electron chi connectivity index (χ1n) is 7.66. The quantitative estimate of drug-likeness (QED) is 0.419. The molecule has 0 bridgehead atoms. The number of rotatable bonds is 9. The lowest BCUT2D eigenvalue weighted by molar-refractivity contribution is 0.114. The topological polar surface area (TPSA) is 45.7 Å². The van der Waals surface area contributed by atoms with Gasteiger partial charge in [-0.15, -0.1) is 11.3 Å². The fraction of sp³-hybridized carbons (Fsp3) is 0.688. The minimum Gasteiger partial charge on any atom is -0.379 e. The first-order valence-corrected chi connectivity index (χ1v) is 8.54. The second-order valence-corrected chi connectivity index (χ2v) is 6.77. The van der Waals surface area contributed by atoms with Gasteiger partial charge in [-0.1, -0.05) is 26.8 Å². The predicted octanol–water partition coefficient (Wildman–Crippen LogP) is 2.76. The first-order chi connectivity index (χ1) is 10.1. The maximum Gasteiger partial charge on any atom is 0.191 e. The van der Waals surface area contributed by atoms with E-state index in [4.69, 9.17) is 4.74 Å². The molecule has 1 heterocycles. The average molecular weight is 311 g/mol. The van der Waals surface area contributed by atoms with Gasteiger partial charge in [0.05, 0.1) is 6.61 Å². The molecule has 0 aliphatic rings. The Morgan fingerprint density at radius 1 is 1.33 bits per heavy atom. The average Bonchev–Trinajstić information content (AvgIpc) is 2.94. The second kappa shape index (κ2) is 10.6.